The number of rotatable bonds is 2. The molecule has 1 aromatic carbocycles. The van der Waals surface area contributed by atoms with E-state index in [-0.39, 0.29) is 13.0 Å². The summed E-state index contributed by atoms with van der Waals surface area (Å²) in [5, 5.41) is 0. The largest absolute Gasteiger partial charge is 0.368 e. The number of anilines is 1. The molecule has 1 aliphatic heterocycles. The van der Waals surface area contributed by atoms with Gasteiger partial charge in [-0.2, -0.15) is 22.5 Å². The van der Waals surface area contributed by atoms with E-state index in [2.05, 4.69) is 4.98 Å². The third-order valence-corrected chi connectivity index (χ3v) is 3.84. The lowest BCUT2D eigenvalue weighted by atomic mass is 9.93. The van der Waals surface area contributed by atoms with Crippen molar-refractivity contribution < 1.29 is 22.4 Å². The number of fused-ring (bicyclic) bond motifs is 1. The lowest BCUT2D eigenvalue weighted by molar-refractivity contribution is -0.119. The lowest BCUT2D eigenvalue weighted by Crippen LogP contribution is -2.49. The molecule has 1 aromatic heterocycles. The number of benzene rings is 1. The standard InChI is InChI=1S/C15H11F4N3O/c16-10-12(11(17)14(19)21-13(10)18)22-6-8-4-2-1-3-7(8)5-9(22)15(20)23/h1-4,9H,5-6H2,(H2,20,23)/t9-/m0/s1. The Morgan fingerprint density at radius 3 is 2.22 bits per heavy atom. The molecule has 0 spiro atoms. The molecule has 2 heterocycles. The summed E-state index contributed by atoms with van der Waals surface area (Å²) < 4.78 is 54.7. The van der Waals surface area contributed by atoms with E-state index in [4.69, 9.17) is 5.73 Å². The maximum Gasteiger partial charge on any atom is 0.253 e. The molecule has 2 aromatic rings. The molecule has 0 unspecified atom stereocenters. The van der Waals surface area contributed by atoms with E-state index < -0.39 is 41.2 Å². The van der Waals surface area contributed by atoms with Gasteiger partial charge in [-0.3, -0.25) is 4.79 Å². The van der Waals surface area contributed by atoms with Crippen LogP contribution in [0.2, 0.25) is 0 Å². The Morgan fingerprint density at radius 1 is 1.09 bits per heavy atom. The highest BCUT2D eigenvalue weighted by Crippen LogP contribution is 2.33. The first kappa shape index (κ1) is 15.3. The van der Waals surface area contributed by atoms with Gasteiger partial charge in [0.05, 0.1) is 0 Å². The van der Waals surface area contributed by atoms with Gasteiger partial charge in [0.2, 0.25) is 17.5 Å². The Labute approximate surface area is 128 Å². The smallest absolute Gasteiger partial charge is 0.253 e. The van der Waals surface area contributed by atoms with Gasteiger partial charge in [-0.05, 0) is 11.1 Å². The van der Waals surface area contributed by atoms with E-state index in [1.165, 1.54) is 0 Å². The van der Waals surface area contributed by atoms with E-state index in [1.807, 2.05) is 0 Å². The Morgan fingerprint density at radius 2 is 1.65 bits per heavy atom. The van der Waals surface area contributed by atoms with Crippen LogP contribution < -0.4 is 10.6 Å². The molecule has 0 bridgehead atoms. The van der Waals surface area contributed by atoms with E-state index >= 15 is 0 Å². The number of hydrogen-bond donors (Lipinski definition) is 1. The zero-order chi connectivity index (χ0) is 16.7. The first-order valence-electron chi connectivity index (χ1n) is 6.73. The van der Waals surface area contributed by atoms with Crippen LogP contribution in [-0.4, -0.2) is 16.9 Å². The van der Waals surface area contributed by atoms with E-state index in [9.17, 15) is 22.4 Å². The highest BCUT2D eigenvalue weighted by atomic mass is 19.2. The van der Waals surface area contributed by atoms with Gasteiger partial charge in [-0.25, -0.2) is 0 Å². The van der Waals surface area contributed by atoms with Gasteiger partial charge in [0.15, 0.2) is 0 Å². The third kappa shape index (κ3) is 2.49. The van der Waals surface area contributed by atoms with Crippen LogP contribution in [0.5, 0.6) is 0 Å². The number of aromatic nitrogens is 1. The Bertz CT molecular complexity index is 770. The number of primary amides is 1. The SMILES string of the molecule is NC(=O)[C@@H]1Cc2ccccc2CN1c1c(F)c(F)nc(F)c1F. The van der Waals surface area contributed by atoms with Crippen molar-refractivity contribution in [2.45, 2.75) is 19.0 Å². The first-order chi connectivity index (χ1) is 10.9. The van der Waals surface area contributed by atoms with Crippen molar-refractivity contribution in [3.05, 3.63) is 58.9 Å². The zero-order valence-corrected chi connectivity index (χ0v) is 11.7. The molecule has 0 aliphatic carbocycles. The van der Waals surface area contributed by atoms with Gasteiger partial charge >= 0.3 is 0 Å². The summed E-state index contributed by atoms with van der Waals surface area (Å²) in [6.07, 6.45) is 0.0793. The fourth-order valence-corrected chi connectivity index (χ4v) is 2.74. The van der Waals surface area contributed by atoms with E-state index in [0.717, 1.165) is 10.5 Å². The Balaban J connectivity index is 2.17. The van der Waals surface area contributed by atoms with Crippen LogP contribution in [0.1, 0.15) is 11.1 Å². The monoisotopic (exact) mass is 325 g/mol. The second-order valence-electron chi connectivity index (χ2n) is 5.19. The zero-order valence-electron chi connectivity index (χ0n) is 11.7. The van der Waals surface area contributed by atoms with Crippen LogP contribution in [0.15, 0.2) is 24.3 Å². The fraction of sp³-hybridized carbons (Fsp3) is 0.200. The number of nitrogens with two attached hydrogens (primary N) is 1. The van der Waals surface area contributed by atoms with Crippen molar-refractivity contribution >= 4 is 11.6 Å². The number of carbonyl (C=O) groups excluding carboxylic acids is 1. The summed E-state index contributed by atoms with van der Waals surface area (Å²) in [6.45, 7) is -0.111. The van der Waals surface area contributed by atoms with Crippen molar-refractivity contribution in [1.29, 1.82) is 0 Å². The number of halogens is 4. The topological polar surface area (TPSA) is 59.2 Å². The van der Waals surface area contributed by atoms with E-state index in [1.54, 1.807) is 24.3 Å². The molecule has 1 aliphatic rings. The van der Waals surface area contributed by atoms with Gasteiger partial charge in [-0.1, -0.05) is 24.3 Å². The molecule has 4 nitrogen and oxygen atoms in total. The maximum absolute atomic E-state index is 14.0. The van der Waals surface area contributed by atoms with Gasteiger partial charge in [0, 0.05) is 13.0 Å². The van der Waals surface area contributed by atoms with Crippen molar-refractivity contribution in [2.24, 2.45) is 5.73 Å². The molecule has 0 saturated heterocycles. The molecule has 1 atom stereocenters. The molecule has 0 saturated carbocycles. The summed E-state index contributed by atoms with van der Waals surface area (Å²) in [5.41, 5.74) is 5.78. The second-order valence-corrected chi connectivity index (χ2v) is 5.19. The molecule has 2 N–H and O–H groups in total. The summed E-state index contributed by atoms with van der Waals surface area (Å²) in [5.74, 6) is -7.72. The minimum absolute atomic E-state index is 0.0793. The molecule has 0 fully saturated rings. The van der Waals surface area contributed by atoms with Gasteiger partial charge in [0.1, 0.15) is 11.7 Å². The summed E-state index contributed by atoms with van der Waals surface area (Å²) >= 11 is 0. The molecular weight excluding hydrogens is 314 g/mol. The van der Waals surface area contributed by atoms with Crippen LogP contribution >= 0.6 is 0 Å². The highest BCUT2D eigenvalue weighted by Gasteiger charge is 2.35. The minimum Gasteiger partial charge on any atom is -0.368 e. The van der Waals surface area contributed by atoms with Gasteiger partial charge in [0.25, 0.3) is 11.9 Å². The molecular formula is C15H11F4N3O. The molecule has 1 amide bonds. The molecule has 0 radical (unpaired) electrons. The van der Waals surface area contributed by atoms with Crippen molar-refractivity contribution in [1.82, 2.24) is 4.98 Å². The highest BCUT2D eigenvalue weighted by molar-refractivity contribution is 5.84. The number of amides is 1. The molecule has 3 rings (SSSR count). The first-order valence-corrected chi connectivity index (χ1v) is 6.73. The minimum atomic E-state index is -1.78. The molecule has 8 heteroatoms. The number of nitrogens with zero attached hydrogens (tertiary/aromatic N) is 2. The van der Waals surface area contributed by atoms with E-state index in [0.29, 0.717) is 5.56 Å². The van der Waals surface area contributed by atoms with Crippen LogP contribution in [0.25, 0.3) is 0 Å². The predicted molar refractivity (Wildman–Crippen MR) is 73.4 cm³/mol. The number of pyridine rings is 1. The quantitative estimate of drug-likeness (QED) is 0.679. The van der Waals surface area contributed by atoms with Crippen molar-refractivity contribution in [3.8, 4) is 0 Å². The average molecular weight is 325 g/mol. The van der Waals surface area contributed by atoms with Crippen LogP contribution in [-0.2, 0) is 17.8 Å². The second kappa shape index (κ2) is 5.53. The predicted octanol–water partition coefficient (Wildman–Crippen LogP) is 2.05. The normalized spacial score (nSPS) is 17.0. The average Bonchev–Trinajstić information content (AvgIpc) is 2.52. The Kier molecular flexibility index (Phi) is 3.67. The number of hydrogen-bond acceptors (Lipinski definition) is 3. The number of carbonyl (C=O) groups is 1. The maximum atomic E-state index is 14.0. The Hall–Kier alpha value is -2.64. The van der Waals surface area contributed by atoms with Crippen LogP contribution in [0, 0.1) is 23.5 Å². The van der Waals surface area contributed by atoms with Gasteiger partial charge in [-0.15, -0.1) is 0 Å². The summed E-state index contributed by atoms with van der Waals surface area (Å²) in [6, 6.07) is 5.78. The molecule has 120 valence electrons. The third-order valence-electron chi connectivity index (χ3n) is 3.84. The fourth-order valence-electron chi connectivity index (χ4n) is 2.74. The lowest BCUT2D eigenvalue weighted by Gasteiger charge is -2.36. The summed E-state index contributed by atoms with van der Waals surface area (Å²) in [4.78, 5) is 15.1. The van der Waals surface area contributed by atoms with Crippen molar-refractivity contribution in [2.75, 3.05) is 4.90 Å². The van der Waals surface area contributed by atoms with Gasteiger partial charge < -0.3 is 10.6 Å². The van der Waals surface area contributed by atoms with Crippen molar-refractivity contribution in [3.63, 3.8) is 0 Å². The van der Waals surface area contributed by atoms with Crippen LogP contribution in [0.3, 0.4) is 0 Å². The van der Waals surface area contributed by atoms with Crippen LogP contribution in [0.4, 0.5) is 23.2 Å². The summed E-state index contributed by atoms with van der Waals surface area (Å²) in [7, 11) is 0. The molecule has 23 heavy (non-hydrogen) atoms.